The number of alkyl carbamates (subject to hydrolysis) is 1. The summed E-state index contributed by atoms with van der Waals surface area (Å²) in [5.41, 5.74) is -2.06. The smallest absolute Gasteiger partial charge is 0.437 e. The molecule has 0 spiro atoms. The average molecular weight is 708 g/mol. The van der Waals surface area contributed by atoms with Gasteiger partial charge in [0.2, 0.25) is 11.9 Å². The Hall–Kier alpha value is -2.93. The van der Waals surface area contributed by atoms with Crippen LogP contribution in [0.15, 0.2) is 4.99 Å². The summed E-state index contributed by atoms with van der Waals surface area (Å²) in [7, 11) is 0. The molecular weight excluding hydrogens is 642 g/mol. The Morgan fingerprint density at radius 3 is 1.94 bits per heavy atom. The van der Waals surface area contributed by atoms with Gasteiger partial charge in [0.25, 0.3) is 0 Å². The molecule has 3 amide bonds. The van der Waals surface area contributed by atoms with E-state index < -0.39 is 35.0 Å². The van der Waals surface area contributed by atoms with Crippen molar-refractivity contribution in [2.75, 3.05) is 26.2 Å². The molecule has 2 heterocycles. The first-order valence-electron chi connectivity index (χ1n) is 18.7. The fraction of sp³-hybridized carbons (Fsp3) is 0.865. The molecule has 0 aromatic carbocycles. The van der Waals surface area contributed by atoms with Crippen molar-refractivity contribution in [2.24, 2.45) is 4.99 Å². The minimum atomic E-state index is -0.796. The molecule has 2 aliphatic heterocycles. The van der Waals surface area contributed by atoms with E-state index in [-0.39, 0.29) is 42.4 Å². The maximum atomic E-state index is 14.1. The number of hydrogen-bond acceptors (Lipinski definition) is 9. The van der Waals surface area contributed by atoms with Gasteiger partial charge in [0, 0.05) is 38.3 Å². The second kappa shape index (κ2) is 18.5. The van der Waals surface area contributed by atoms with Gasteiger partial charge in [-0.25, -0.2) is 9.59 Å². The predicted molar refractivity (Wildman–Crippen MR) is 192 cm³/mol. The molecule has 286 valence electrons. The summed E-state index contributed by atoms with van der Waals surface area (Å²) in [5, 5.41) is 6.19. The van der Waals surface area contributed by atoms with Crippen LogP contribution < -0.4 is 10.6 Å². The van der Waals surface area contributed by atoms with Crippen molar-refractivity contribution in [2.45, 2.75) is 180 Å². The number of guanidine groups is 1. The molecule has 13 nitrogen and oxygen atoms in total. The van der Waals surface area contributed by atoms with Gasteiger partial charge in [0.15, 0.2) is 0 Å². The Morgan fingerprint density at radius 2 is 1.34 bits per heavy atom. The molecule has 1 saturated carbocycles. The fourth-order valence-electron chi connectivity index (χ4n) is 6.66. The highest BCUT2D eigenvalue weighted by atomic mass is 16.6. The number of ether oxygens (including phenoxy) is 4. The Labute approximate surface area is 299 Å². The molecule has 0 radical (unpaired) electrons. The highest BCUT2D eigenvalue weighted by molar-refractivity contribution is 5.99. The molecule has 3 rings (SSSR count). The van der Waals surface area contributed by atoms with Gasteiger partial charge in [-0.3, -0.25) is 14.9 Å². The number of hydrogen-bond donors (Lipinski definition) is 2. The number of carbonyl (C=O) groups is 4. The minimum absolute atomic E-state index is 0.0174. The van der Waals surface area contributed by atoms with Crippen LogP contribution in [0.1, 0.15) is 139 Å². The SMILES string of the molecule is CC(C)(C)OC(=O)C[C@H](NC1CCCCC1)C(=O)N1CCCC[C@@H]1CCOC1CCN(C(=NC(=O)OC(C)(C)C)NC(=O)OC(C)(C)C)CC1. The van der Waals surface area contributed by atoms with Crippen LogP contribution in [0.4, 0.5) is 9.59 Å². The van der Waals surface area contributed by atoms with Gasteiger partial charge in [-0.15, -0.1) is 4.99 Å². The highest BCUT2D eigenvalue weighted by Gasteiger charge is 2.35. The molecule has 13 heteroatoms. The number of nitrogens with zero attached hydrogens (tertiary/aromatic N) is 3. The third kappa shape index (κ3) is 15.5. The Kier molecular flexibility index (Phi) is 15.4. The molecule has 50 heavy (non-hydrogen) atoms. The quantitative estimate of drug-likeness (QED) is 0.125. The van der Waals surface area contributed by atoms with E-state index in [2.05, 4.69) is 15.6 Å². The molecule has 2 atom stereocenters. The van der Waals surface area contributed by atoms with Gasteiger partial charge in [-0.05, 0) is 114 Å². The highest BCUT2D eigenvalue weighted by Crippen LogP contribution is 2.25. The van der Waals surface area contributed by atoms with Crippen molar-refractivity contribution in [1.82, 2.24) is 20.4 Å². The molecule has 0 bridgehead atoms. The van der Waals surface area contributed by atoms with E-state index in [9.17, 15) is 19.2 Å². The van der Waals surface area contributed by atoms with E-state index in [4.69, 9.17) is 18.9 Å². The van der Waals surface area contributed by atoms with Gasteiger partial charge in [-0.2, -0.15) is 0 Å². The molecule has 2 saturated heterocycles. The van der Waals surface area contributed by atoms with E-state index in [0.717, 1.165) is 44.9 Å². The van der Waals surface area contributed by atoms with Crippen LogP contribution in [0.5, 0.6) is 0 Å². The number of amides is 3. The van der Waals surface area contributed by atoms with Crippen molar-refractivity contribution in [3.63, 3.8) is 0 Å². The monoisotopic (exact) mass is 707 g/mol. The molecule has 0 unspecified atom stereocenters. The van der Waals surface area contributed by atoms with Crippen molar-refractivity contribution in [3.8, 4) is 0 Å². The third-order valence-electron chi connectivity index (χ3n) is 8.79. The first-order chi connectivity index (χ1) is 23.3. The number of esters is 1. The zero-order valence-electron chi connectivity index (χ0n) is 32.2. The van der Waals surface area contributed by atoms with Gasteiger partial charge >= 0.3 is 18.2 Å². The standard InChI is InChI=1S/C37H65N5O8/c1-35(2,3)48-30(43)25-29(38-26-15-11-10-12-16-26)31(44)42-21-14-13-17-27(42)20-24-47-28-18-22-41(23-19-28)32(39-33(45)49-36(4,5)6)40-34(46)50-37(7,8)9/h26-29,38H,10-25H2,1-9H3,(H,39,40,45,46)/t27-,29+/m1/s1. The predicted octanol–water partition coefficient (Wildman–Crippen LogP) is 6.08. The number of nitrogens with one attached hydrogen (secondary N) is 2. The van der Waals surface area contributed by atoms with Crippen LogP contribution in [0.25, 0.3) is 0 Å². The van der Waals surface area contributed by atoms with Gasteiger partial charge in [0.05, 0.1) is 18.6 Å². The van der Waals surface area contributed by atoms with Gasteiger partial charge in [-0.1, -0.05) is 19.3 Å². The number of aliphatic imine (C=N–C) groups is 1. The molecule has 3 aliphatic rings. The lowest BCUT2D eigenvalue weighted by atomic mass is 9.93. The molecular formula is C37H65N5O8. The van der Waals surface area contributed by atoms with Crippen LogP contribution >= 0.6 is 0 Å². The van der Waals surface area contributed by atoms with Crippen LogP contribution in [0.3, 0.4) is 0 Å². The minimum Gasteiger partial charge on any atom is -0.460 e. The lowest BCUT2D eigenvalue weighted by Crippen LogP contribution is -2.55. The maximum absolute atomic E-state index is 14.1. The zero-order chi connectivity index (χ0) is 37.1. The van der Waals surface area contributed by atoms with E-state index in [1.807, 2.05) is 30.6 Å². The second-order valence-corrected chi connectivity index (χ2v) is 16.9. The lowest BCUT2D eigenvalue weighted by molar-refractivity contribution is -0.158. The van der Waals surface area contributed by atoms with Crippen molar-refractivity contribution in [3.05, 3.63) is 0 Å². The molecule has 0 aromatic rings. The molecule has 0 aromatic heterocycles. The Morgan fingerprint density at radius 1 is 0.740 bits per heavy atom. The van der Waals surface area contributed by atoms with Crippen molar-refractivity contribution in [1.29, 1.82) is 0 Å². The van der Waals surface area contributed by atoms with E-state index in [0.29, 0.717) is 45.5 Å². The van der Waals surface area contributed by atoms with E-state index in [1.165, 1.54) is 6.42 Å². The number of rotatable bonds is 9. The van der Waals surface area contributed by atoms with Crippen molar-refractivity contribution < 1.29 is 38.1 Å². The summed E-state index contributed by atoms with van der Waals surface area (Å²) in [5.74, 6) is -0.289. The van der Waals surface area contributed by atoms with E-state index in [1.54, 1.807) is 41.5 Å². The second-order valence-electron chi connectivity index (χ2n) is 16.9. The van der Waals surface area contributed by atoms with Gasteiger partial charge < -0.3 is 34.1 Å². The van der Waals surface area contributed by atoms with Crippen molar-refractivity contribution >= 4 is 30.0 Å². The first kappa shape index (κ1) is 41.5. The number of carbonyl (C=O) groups excluding carboxylic acids is 4. The largest absolute Gasteiger partial charge is 0.460 e. The number of likely N-dealkylation sites (tertiary alicyclic amines) is 2. The molecule has 3 fully saturated rings. The fourth-order valence-corrected chi connectivity index (χ4v) is 6.66. The summed E-state index contributed by atoms with van der Waals surface area (Å²) in [6.45, 7) is 18.3. The summed E-state index contributed by atoms with van der Waals surface area (Å²) in [6, 6.07) is -0.340. The average Bonchev–Trinajstić information content (AvgIpc) is 2.98. The summed E-state index contributed by atoms with van der Waals surface area (Å²) in [6.07, 6.45) is 8.93. The molecule has 2 N–H and O–H groups in total. The van der Waals surface area contributed by atoms with Crippen LogP contribution in [-0.2, 0) is 28.5 Å². The maximum Gasteiger partial charge on any atom is 0.437 e. The zero-order valence-corrected chi connectivity index (χ0v) is 32.2. The van der Waals surface area contributed by atoms with E-state index >= 15 is 0 Å². The van der Waals surface area contributed by atoms with Crippen LogP contribution in [0, 0.1) is 0 Å². The lowest BCUT2D eigenvalue weighted by Gasteiger charge is -2.39. The summed E-state index contributed by atoms with van der Waals surface area (Å²) >= 11 is 0. The Bertz CT molecular complexity index is 1160. The van der Waals surface area contributed by atoms with Crippen LogP contribution in [0.2, 0.25) is 0 Å². The normalized spacial score (nSPS) is 21.0. The summed E-state index contributed by atoms with van der Waals surface area (Å²) < 4.78 is 22.7. The first-order valence-corrected chi connectivity index (χ1v) is 18.7. The topological polar surface area (TPSA) is 148 Å². The number of piperidine rings is 2. The third-order valence-corrected chi connectivity index (χ3v) is 8.79. The summed E-state index contributed by atoms with van der Waals surface area (Å²) in [4.78, 5) is 60.0. The van der Waals surface area contributed by atoms with Crippen LogP contribution in [-0.4, -0.2) is 107 Å². The van der Waals surface area contributed by atoms with Gasteiger partial charge in [0.1, 0.15) is 16.8 Å². The Balaban J connectivity index is 1.58. The molecule has 1 aliphatic carbocycles.